The summed E-state index contributed by atoms with van der Waals surface area (Å²) in [5.74, 6) is 0.532. The number of amides is 2. The molecule has 26 heavy (non-hydrogen) atoms. The van der Waals surface area contributed by atoms with Gasteiger partial charge in [-0.15, -0.1) is 0 Å². The molecule has 0 aromatic heterocycles. The van der Waals surface area contributed by atoms with E-state index in [0.717, 1.165) is 51.0 Å². The van der Waals surface area contributed by atoms with Crippen LogP contribution in [0.1, 0.15) is 43.7 Å². The van der Waals surface area contributed by atoms with Crippen LogP contribution in [0.2, 0.25) is 0 Å². The van der Waals surface area contributed by atoms with E-state index in [9.17, 15) is 9.59 Å². The third-order valence-corrected chi connectivity index (χ3v) is 5.60. The lowest BCUT2D eigenvalue weighted by Crippen LogP contribution is -2.48. The number of nitrogens with zero attached hydrogens (tertiary/aromatic N) is 2. The molecule has 4 rings (SSSR count). The average molecular weight is 357 g/mol. The second-order valence-electron chi connectivity index (χ2n) is 7.73. The zero-order valence-electron chi connectivity index (χ0n) is 16.0. The van der Waals surface area contributed by atoms with Gasteiger partial charge in [-0.2, -0.15) is 0 Å². The highest BCUT2D eigenvalue weighted by molar-refractivity contribution is 5.80. The number of carbonyl (C=O) groups excluding carboxylic acids is 2. The second-order valence-corrected chi connectivity index (χ2v) is 7.73. The zero-order valence-corrected chi connectivity index (χ0v) is 16.0. The standard InChI is InChI=1S/C21H31N3O2/c1-3-11-24-19-9-8-18(21(24)26)14-23(15-19)12-10-20(25)22-13-17-6-4-16(2)5-7-17/h4-7,18-19H,3,8-15H2,1-2H3,(H,22,25)/t18-,19+/m1/s1. The molecule has 2 amide bonds. The molecule has 3 saturated heterocycles. The van der Waals surface area contributed by atoms with Crippen LogP contribution in [-0.2, 0) is 16.1 Å². The van der Waals surface area contributed by atoms with E-state index < -0.39 is 0 Å². The average Bonchev–Trinajstić information content (AvgIpc) is 2.91. The molecule has 3 aliphatic rings. The van der Waals surface area contributed by atoms with Crippen molar-refractivity contribution in [2.75, 3.05) is 26.2 Å². The van der Waals surface area contributed by atoms with Gasteiger partial charge in [0.1, 0.15) is 0 Å². The number of benzene rings is 1. The summed E-state index contributed by atoms with van der Waals surface area (Å²) in [6.45, 7) is 8.08. The maximum Gasteiger partial charge on any atom is 0.227 e. The fraction of sp³-hybridized carbons (Fsp3) is 0.619. The fourth-order valence-corrected chi connectivity index (χ4v) is 4.10. The molecule has 2 bridgehead atoms. The largest absolute Gasteiger partial charge is 0.352 e. The molecule has 5 nitrogen and oxygen atoms in total. The van der Waals surface area contributed by atoms with Gasteiger partial charge in [0.25, 0.3) is 0 Å². The minimum atomic E-state index is 0.0823. The van der Waals surface area contributed by atoms with Gasteiger partial charge in [0.05, 0.1) is 5.92 Å². The zero-order chi connectivity index (χ0) is 18.5. The van der Waals surface area contributed by atoms with Crippen LogP contribution in [0.3, 0.4) is 0 Å². The van der Waals surface area contributed by atoms with Crippen molar-refractivity contribution in [1.82, 2.24) is 15.1 Å². The summed E-state index contributed by atoms with van der Waals surface area (Å²) >= 11 is 0. The van der Waals surface area contributed by atoms with E-state index in [1.807, 2.05) is 0 Å². The van der Waals surface area contributed by atoms with E-state index in [4.69, 9.17) is 0 Å². The minimum absolute atomic E-state index is 0.0823. The first kappa shape index (κ1) is 18.9. The van der Waals surface area contributed by atoms with Crippen LogP contribution in [0.25, 0.3) is 0 Å². The van der Waals surface area contributed by atoms with E-state index in [1.165, 1.54) is 5.56 Å². The topological polar surface area (TPSA) is 52.7 Å². The van der Waals surface area contributed by atoms with E-state index in [0.29, 0.717) is 24.9 Å². The molecule has 0 unspecified atom stereocenters. The summed E-state index contributed by atoms with van der Waals surface area (Å²) in [6.07, 6.45) is 3.61. The molecular formula is C21H31N3O2. The van der Waals surface area contributed by atoms with Gasteiger partial charge in [0.2, 0.25) is 11.8 Å². The highest BCUT2D eigenvalue weighted by Gasteiger charge is 2.39. The van der Waals surface area contributed by atoms with Crippen molar-refractivity contribution in [2.24, 2.45) is 5.92 Å². The Morgan fingerprint density at radius 1 is 1.15 bits per heavy atom. The molecule has 0 saturated carbocycles. The number of nitrogens with one attached hydrogen (secondary N) is 1. The molecule has 3 fully saturated rings. The Labute approximate surface area is 156 Å². The molecule has 0 spiro atoms. The second kappa shape index (κ2) is 8.67. The molecule has 0 aliphatic carbocycles. The predicted octanol–water partition coefficient (Wildman–Crippen LogP) is 2.33. The molecule has 5 heteroatoms. The molecule has 1 aromatic carbocycles. The number of piperidine rings is 1. The quantitative estimate of drug-likeness (QED) is 0.815. The number of rotatable bonds is 7. The number of carbonyl (C=O) groups is 2. The van der Waals surface area contributed by atoms with Crippen molar-refractivity contribution in [3.8, 4) is 0 Å². The summed E-state index contributed by atoms with van der Waals surface area (Å²) in [6, 6.07) is 8.56. The third kappa shape index (κ3) is 4.64. The predicted molar refractivity (Wildman–Crippen MR) is 103 cm³/mol. The minimum Gasteiger partial charge on any atom is -0.352 e. The highest BCUT2D eigenvalue weighted by atomic mass is 16.2. The van der Waals surface area contributed by atoms with Crippen LogP contribution >= 0.6 is 0 Å². The Morgan fingerprint density at radius 3 is 2.65 bits per heavy atom. The first-order valence-corrected chi connectivity index (χ1v) is 9.92. The van der Waals surface area contributed by atoms with Crippen LogP contribution in [0.4, 0.5) is 0 Å². The molecule has 1 N–H and O–H groups in total. The van der Waals surface area contributed by atoms with Gasteiger partial charge in [0.15, 0.2) is 0 Å². The van der Waals surface area contributed by atoms with Crippen LogP contribution in [0.5, 0.6) is 0 Å². The van der Waals surface area contributed by atoms with E-state index in [-0.39, 0.29) is 11.8 Å². The summed E-state index contributed by atoms with van der Waals surface area (Å²) in [4.78, 5) is 29.2. The molecule has 142 valence electrons. The maximum atomic E-state index is 12.6. The first-order valence-electron chi connectivity index (χ1n) is 9.92. The third-order valence-electron chi connectivity index (χ3n) is 5.60. The van der Waals surface area contributed by atoms with Crippen LogP contribution in [-0.4, -0.2) is 53.8 Å². The summed E-state index contributed by atoms with van der Waals surface area (Å²) in [7, 11) is 0. The lowest BCUT2D eigenvalue weighted by Gasteiger charge is -2.35. The van der Waals surface area contributed by atoms with Gasteiger partial charge in [-0.05, 0) is 31.7 Å². The monoisotopic (exact) mass is 357 g/mol. The van der Waals surface area contributed by atoms with Crippen molar-refractivity contribution in [1.29, 1.82) is 0 Å². The molecule has 0 radical (unpaired) electrons. The Kier molecular flexibility index (Phi) is 6.30. The number of hydrogen-bond donors (Lipinski definition) is 1. The molecule has 3 heterocycles. The van der Waals surface area contributed by atoms with Crippen molar-refractivity contribution in [3.05, 3.63) is 35.4 Å². The maximum absolute atomic E-state index is 12.6. The summed E-state index contributed by atoms with van der Waals surface area (Å²) < 4.78 is 0. The van der Waals surface area contributed by atoms with Gasteiger partial charge < -0.3 is 10.2 Å². The first-order chi connectivity index (χ1) is 12.6. The van der Waals surface area contributed by atoms with E-state index in [1.54, 1.807) is 0 Å². The lowest BCUT2D eigenvalue weighted by atomic mass is 9.94. The number of aryl methyl sites for hydroxylation is 1. The Morgan fingerprint density at radius 2 is 1.92 bits per heavy atom. The van der Waals surface area contributed by atoms with Crippen molar-refractivity contribution in [2.45, 2.75) is 52.1 Å². The summed E-state index contributed by atoms with van der Waals surface area (Å²) in [5.41, 5.74) is 2.35. The lowest BCUT2D eigenvalue weighted by molar-refractivity contribution is -0.139. The number of hydrogen-bond acceptors (Lipinski definition) is 3. The molecule has 1 aromatic rings. The molecular weight excluding hydrogens is 326 g/mol. The highest BCUT2D eigenvalue weighted by Crippen LogP contribution is 2.29. The van der Waals surface area contributed by atoms with Gasteiger partial charge in [0, 0.05) is 45.2 Å². The van der Waals surface area contributed by atoms with Crippen molar-refractivity contribution >= 4 is 11.8 Å². The van der Waals surface area contributed by atoms with Gasteiger partial charge in [-0.25, -0.2) is 0 Å². The SMILES string of the molecule is CCCN1C(=O)[C@@H]2CC[C@H]1CN(CCC(=O)NCc1ccc(C)cc1)C2. The van der Waals surface area contributed by atoms with Crippen LogP contribution in [0.15, 0.2) is 24.3 Å². The smallest absolute Gasteiger partial charge is 0.227 e. The molecule has 3 aliphatic heterocycles. The Balaban J connectivity index is 1.46. The fourth-order valence-electron chi connectivity index (χ4n) is 4.10. The molecule has 2 atom stereocenters. The van der Waals surface area contributed by atoms with E-state index in [2.05, 4.69) is 53.2 Å². The van der Waals surface area contributed by atoms with Crippen molar-refractivity contribution in [3.63, 3.8) is 0 Å². The van der Waals surface area contributed by atoms with Gasteiger partial charge in [-0.1, -0.05) is 36.8 Å². The van der Waals surface area contributed by atoms with Crippen molar-refractivity contribution < 1.29 is 9.59 Å². The summed E-state index contributed by atoms with van der Waals surface area (Å²) in [5, 5.41) is 3.01. The van der Waals surface area contributed by atoms with Gasteiger partial charge in [-0.3, -0.25) is 14.5 Å². The number of fused-ring (bicyclic) bond motifs is 4. The Hall–Kier alpha value is -1.88. The van der Waals surface area contributed by atoms with E-state index >= 15 is 0 Å². The van der Waals surface area contributed by atoms with Gasteiger partial charge >= 0.3 is 0 Å². The van der Waals surface area contributed by atoms with Crippen LogP contribution in [0, 0.1) is 12.8 Å². The normalized spacial score (nSPS) is 23.2. The van der Waals surface area contributed by atoms with Crippen LogP contribution < -0.4 is 5.32 Å². The Bertz CT molecular complexity index is 629.